The highest BCUT2D eigenvalue weighted by molar-refractivity contribution is 5.75. The zero-order chi connectivity index (χ0) is 15.2. The van der Waals surface area contributed by atoms with E-state index in [1.54, 1.807) is 4.90 Å². The number of aliphatic hydroxyl groups is 1. The molecule has 2 rings (SSSR count). The minimum Gasteiger partial charge on any atom is -0.481 e. The average molecular weight is 300 g/mol. The van der Waals surface area contributed by atoms with Crippen LogP contribution >= 0.6 is 0 Å². The van der Waals surface area contributed by atoms with Crippen LogP contribution in [0.15, 0.2) is 0 Å². The van der Waals surface area contributed by atoms with E-state index in [-0.39, 0.29) is 31.2 Å². The summed E-state index contributed by atoms with van der Waals surface area (Å²) in [6.45, 7) is 1.95. The minimum atomic E-state index is -0.820. The Balaban J connectivity index is 1.95. The minimum absolute atomic E-state index is 0.0118. The summed E-state index contributed by atoms with van der Waals surface area (Å²) in [7, 11) is 0. The lowest BCUT2D eigenvalue weighted by molar-refractivity contribution is -0.137. The van der Waals surface area contributed by atoms with Crippen LogP contribution in [0.4, 0.5) is 4.79 Å². The average Bonchev–Trinajstić information content (AvgIpc) is 2.52. The molecule has 2 aliphatic heterocycles. The molecule has 2 aliphatic rings. The van der Waals surface area contributed by atoms with Gasteiger partial charge in [0, 0.05) is 25.6 Å². The van der Waals surface area contributed by atoms with Crippen LogP contribution in [0.1, 0.15) is 32.1 Å². The van der Waals surface area contributed by atoms with Gasteiger partial charge >= 0.3 is 12.0 Å². The quantitative estimate of drug-likeness (QED) is 0.790. The lowest BCUT2D eigenvalue weighted by Gasteiger charge is -2.41. The van der Waals surface area contributed by atoms with Crippen LogP contribution in [0.5, 0.6) is 0 Å². The van der Waals surface area contributed by atoms with Gasteiger partial charge in [-0.05, 0) is 25.7 Å². The van der Waals surface area contributed by atoms with Crippen LogP contribution < -0.4 is 0 Å². The standard InChI is InChI=1S/C14H24N2O5/c17-10-12-9-15(7-8-21-12)14(20)16-6-2-1-3-11(16)4-5-13(18)19/h11-12,17H,1-10H2,(H,18,19). The largest absolute Gasteiger partial charge is 0.481 e. The first-order chi connectivity index (χ1) is 10.1. The fourth-order valence-corrected chi connectivity index (χ4v) is 3.03. The second kappa shape index (κ2) is 7.61. The van der Waals surface area contributed by atoms with Crippen molar-refractivity contribution >= 4 is 12.0 Å². The molecule has 7 nitrogen and oxygen atoms in total. The van der Waals surface area contributed by atoms with Crippen molar-refractivity contribution in [2.45, 2.75) is 44.2 Å². The number of carbonyl (C=O) groups excluding carboxylic acids is 1. The summed E-state index contributed by atoms with van der Waals surface area (Å²) < 4.78 is 5.36. The van der Waals surface area contributed by atoms with Gasteiger partial charge in [-0.1, -0.05) is 0 Å². The van der Waals surface area contributed by atoms with E-state index in [1.165, 1.54) is 0 Å². The first-order valence-electron chi connectivity index (χ1n) is 7.61. The van der Waals surface area contributed by atoms with Crippen molar-refractivity contribution in [3.05, 3.63) is 0 Å². The van der Waals surface area contributed by atoms with Gasteiger partial charge in [0.05, 0.1) is 25.9 Å². The van der Waals surface area contributed by atoms with Crippen molar-refractivity contribution in [1.29, 1.82) is 0 Å². The zero-order valence-electron chi connectivity index (χ0n) is 12.2. The number of carboxylic acids is 1. The van der Waals surface area contributed by atoms with E-state index in [0.29, 0.717) is 32.7 Å². The molecule has 7 heteroatoms. The number of carbonyl (C=O) groups is 2. The lowest BCUT2D eigenvalue weighted by Crippen LogP contribution is -2.55. The number of ether oxygens (including phenoxy) is 1. The molecule has 120 valence electrons. The monoisotopic (exact) mass is 300 g/mol. The topological polar surface area (TPSA) is 90.3 Å². The van der Waals surface area contributed by atoms with Gasteiger partial charge in [0.25, 0.3) is 0 Å². The highest BCUT2D eigenvalue weighted by Crippen LogP contribution is 2.23. The number of carboxylic acid groups (broad SMARTS) is 1. The fraction of sp³-hybridized carbons (Fsp3) is 0.857. The van der Waals surface area contributed by atoms with E-state index >= 15 is 0 Å². The molecule has 0 bridgehead atoms. The molecule has 2 unspecified atom stereocenters. The Bertz CT molecular complexity index is 376. The Hall–Kier alpha value is -1.34. The number of nitrogens with zero attached hydrogens (tertiary/aromatic N) is 2. The molecule has 0 aromatic heterocycles. The number of morpholine rings is 1. The third kappa shape index (κ3) is 4.31. The number of amides is 2. The molecular formula is C14H24N2O5. The highest BCUT2D eigenvalue weighted by Gasteiger charge is 2.32. The molecule has 0 aromatic carbocycles. The zero-order valence-corrected chi connectivity index (χ0v) is 12.2. The van der Waals surface area contributed by atoms with Crippen LogP contribution in [-0.2, 0) is 9.53 Å². The highest BCUT2D eigenvalue weighted by atomic mass is 16.5. The molecule has 0 radical (unpaired) electrons. The Labute approximate surface area is 124 Å². The smallest absolute Gasteiger partial charge is 0.320 e. The molecule has 0 aliphatic carbocycles. The van der Waals surface area contributed by atoms with Crippen molar-refractivity contribution in [3.63, 3.8) is 0 Å². The van der Waals surface area contributed by atoms with Gasteiger partial charge < -0.3 is 24.7 Å². The van der Waals surface area contributed by atoms with Gasteiger partial charge in [-0.15, -0.1) is 0 Å². The lowest BCUT2D eigenvalue weighted by atomic mass is 9.98. The molecule has 2 heterocycles. The third-order valence-electron chi connectivity index (χ3n) is 4.18. The Morgan fingerprint density at radius 1 is 1.24 bits per heavy atom. The van der Waals surface area contributed by atoms with Gasteiger partial charge in [0.15, 0.2) is 0 Å². The molecule has 21 heavy (non-hydrogen) atoms. The van der Waals surface area contributed by atoms with Crippen molar-refractivity contribution in [2.75, 3.05) is 32.8 Å². The fourth-order valence-electron chi connectivity index (χ4n) is 3.03. The predicted molar refractivity (Wildman–Crippen MR) is 75.0 cm³/mol. The summed E-state index contributed by atoms with van der Waals surface area (Å²) in [6, 6.07) is -0.0374. The maximum Gasteiger partial charge on any atom is 0.320 e. The maximum atomic E-state index is 12.6. The van der Waals surface area contributed by atoms with E-state index < -0.39 is 5.97 Å². The van der Waals surface area contributed by atoms with Crippen LogP contribution in [0.3, 0.4) is 0 Å². The molecular weight excluding hydrogens is 276 g/mol. The Morgan fingerprint density at radius 3 is 2.76 bits per heavy atom. The van der Waals surface area contributed by atoms with Crippen molar-refractivity contribution in [2.24, 2.45) is 0 Å². The summed E-state index contributed by atoms with van der Waals surface area (Å²) in [6.07, 6.45) is 3.16. The van der Waals surface area contributed by atoms with Crippen molar-refractivity contribution < 1.29 is 24.5 Å². The molecule has 2 fully saturated rings. The number of rotatable bonds is 4. The molecule has 2 N–H and O–H groups in total. The number of aliphatic carboxylic acids is 1. The first-order valence-corrected chi connectivity index (χ1v) is 7.61. The second-order valence-electron chi connectivity index (χ2n) is 5.68. The predicted octanol–water partition coefficient (Wildman–Crippen LogP) is 0.519. The van der Waals surface area contributed by atoms with Crippen molar-refractivity contribution in [1.82, 2.24) is 9.80 Å². The number of hydrogen-bond donors (Lipinski definition) is 2. The van der Waals surface area contributed by atoms with Crippen molar-refractivity contribution in [3.8, 4) is 0 Å². The molecule has 0 aromatic rings. The van der Waals surface area contributed by atoms with Crippen LogP contribution in [-0.4, -0.2) is 77.0 Å². The molecule has 2 amide bonds. The normalized spacial score (nSPS) is 26.7. The van der Waals surface area contributed by atoms with E-state index in [2.05, 4.69) is 0 Å². The van der Waals surface area contributed by atoms with E-state index in [1.807, 2.05) is 4.90 Å². The summed E-state index contributed by atoms with van der Waals surface area (Å²) in [5, 5.41) is 18.0. The number of hydrogen-bond acceptors (Lipinski definition) is 4. The molecule has 0 saturated carbocycles. The van der Waals surface area contributed by atoms with Gasteiger partial charge in [0.1, 0.15) is 0 Å². The first kappa shape index (κ1) is 16.0. The summed E-state index contributed by atoms with van der Waals surface area (Å²) in [5.74, 6) is -0.820. The number of urea groups is 1. The number of piperidine rings is 1. The van der Waals surface area contributed by atoms with Crippen LogP contribution in [0.2, 0.25) is 0 Å². The van der Waals surface area contributed by atoms with Gasteiger partial charge in [-0.25, -0.2) is 4.79 Å². The summed E-state index contributed by atoms with van der Waals surface area (Å²) in [4.78, 5) is 26.9. The van der Waals surface area contributed by atoms with Crippen LogP contribution in [0.25, 0.3) is 0 Å². The van der Waals surface area contributed by atoms with E-state index in [4.69, 9.17) is 14.9 Å². The molecule has 2 saturated heterocycles. The SMILES string of the molecule is O=C(O)CCC1CCCCN1C(=O)N1CCOC(CO)C1. The van der Waals surface area contributed by atoms with Crippen LogP contribution in [0, 0.1) is 0 Å². The molecule has 2 atom stereocenters. The third-order valence-corrected chi connectivity index (χ3v) is 4.18. The number of aliphatic hydroxyl groups excluding tert-OH is 1. The van der Waals surface area contributed by atoms with E-state index in [0.717, 1.165) is 19.3 Å². The maximum absolute atomic E-state index is 12.6. The number of likely N-dealkylation sites (tertiary alicyclic amines) is 1. The Kier molecular flexibility index (Phi) is 5.81. The summed E-state index contributed by atoms with van der Waals surface area (Å²) in [5.41, 5.74) is 0. The van der Waals surface area contributed by atoms with Gasteiger partial charge in [-0.2, -0.15) is 0 Å². The summed E-state index contributed by atoms with van der Waals surface area (Å²) >= 11 is 0. The van der Waals surface area contributed by atoms with Gasteiger partial charge in [0.2, 0.25) is 0 Å². The Morgan fingerprint density at radius 2 is 2.05 bits per heavy atom. The van der Waals surface area contributed by atoms with E-state index in [9.17, 15) is 9.59 Å². The van der Waals surface area contributed by atoms with Gasteiger partial charge in [-0.3, -0.25) is 4.79 Å². The molecule has 0 spiro atoms. The second-order valence-corrected chi connectivity index (χ2v) is 5.68.